The van der Waals surface area contributed by atoms with Gasteiger partial charge in [0.05, 0.1) is 22.1 Å². The molecule has 0 unspecified atom stereocenters. The Morgan fingerprint density at radius 3 is 1.56 bits per heavy atom. The van der Waals surface area contributed by atoms with Crippen LogP contribution in [0.2, 0.25) is 0 Å². The van der Waals surface area contributed by atoms with Crippen molar-refractivity contribution in [2.24, 2.45) is 0 Å². The maximum absolute atomic E-state index is 9.63. The Hall–Kier alpha value is -2.56. The monoisotopic (exact) mass is 242 g/mol. The van der Waals surface area contributed by atoms with Crippen molar-refractivity contribution in [2.45, 2.75) is 6.92 Å². The predicted molar refractivity (Wildman–Crippen MR) is 66.8 cm³/mol. The second-order valence-corrected chi connectivity index (χ2v) is 4.18. The molecule has 5 heteroatoms. The molecule has 1 aromatic heterocycles. The zero-order chi connectivity index (χ0) is 12.9. The molecule has 0 radical (unpaired) electrons. The van der Waals surface area contributed by atoms with E-state index in [0.29, 0.717) is 27.6 Å². The van der Waals surface area contributed by atoms with Gasteiger partial charge in [0.2, 0.25) is 0 Å². The summed E-state index contributed by atoms with van der Waals surface area (Å²) < 4.78 is 0. The van der Waals surface area contributed by atoms with Crippen LogP contribution in [0, 0.1) is 6.92 Å². The number of hydrogen-bond acceptors (Lipinski definition) is 5. The maximum Gasteiger partial charge on any atom is 0.159 e. The Morgan fingerprint density at radius 1 is 0.667 bits per heavy atom. The summed E-state index contributed by atoms with van der Waals surface area (Å²) in [6.45, 7) is 1.77. The highest BCUT2D eigenvalue weighted by molar-refractivity contribution is 5.89. The smallest absolute Gasteiger partial charge is 0.159 e. The van der Waals surface area contributed by atoms with Crippen molar-refractivity contribution >= 4 is 22.1 Å². The Bertz CT molecular complexity index is 655. The molecule has 0 saturated heterocycles. The fraction of sp³-hybridized carbons (Fsp3) is 0.0769. The van der Waals surface area contributed by atoms with Crippen molar-refractivity contribution in [3.05, 3.63) is 29.8 Å². The lowest BCUT2D eigenvalue weighted by Gasteiger charge is -2.05. The molecule has 0 aliphatic heterocycles. The summed E-state index contributed by atoms with van der Waals surface area (Å²) in [5.74, 6) is -0.321. The van der Waals surface area contributed by atoms with Crippen LogP contribution in [-0.4, -0.2) is 25.3 Å². The van der Waals surface area contributed by atoms with Crippen LogP contribution in [0.25, 0.3) is 22.1 Å². The standard InChI is InChI=1S/C13H10N2O3/c1-6-2-7-8(3-11(6)16)15-10-5-13(18)12(17)4-9(10)14-7/h2-5,16-18H,1H3. The van der Waals surface area contributed by atoms with Crippen LogP contribution in [-0.2, 0) is 0 Å². The van der Waals surface area contributed by atoms with E-state index in [0.717, 1.165) is 0 Å². The van der Waals surface area contributed by atoms with E-state index in [4.69, 9.17) is 0 Å². The lowest BCUT2D eigenvalue weighted by molar-refractivity contribution is 0.404. The van der Waals surface area contributed by atoms with Crippen LogP contribution < -0.4 is 0 Å². The van der Waals surface area contributed by atoms with Crippen LogP contribution in [0.1, 0.15) is 5.56 Å². The minimum Gasteiger partial charge on any atom is -0.508 e. The van der Waals surface area contributed by atoms with Crippen molar-refractivity contribution in [3.8, 4) is 17.2 Å². The van der Waals surface area contributed by atoms with Crippen LogP contribution in [0.15, 0.2) is 24.3 Å². The van der Waals surface area contributed by atoms with Crippen molar-refractivity contribution in [1.82, 2.24) is 9.97 Å². The molecule has 0 saturated carbocycles. The number of aromatic nitrogens is 2. The Morgan fingerprint density at radius 2 is 1.06 bits per heavy atom. The van der Waals surface area contributed by atoms with Gasteiger partial charge in [-0.2, -0.15) is 0 Å². The number of benzene rings is 2. The third-order valence-corrected chi connectivity index (χ3v) is 2.85. The van der Waals surface area contributed by atoms with E-state index in [-0.39, 0.29) is 17.2 Å². The molecule has 0 aliphatic rings. The molecule has 2 aromatic carbocycles. The molecule has 5 nitrogen and oxygen atoms in total. The van der Waals surface area contributed by atoms with E-state index in [1.165, 1.54) is 18.2 Å². The van der Waals surface area contributed by atoms with Crippen LogP contribution in [0.4, 0.5) is 0 Å². The van der Waals surface area contributed by atoms with E-state index in [2.05, 4.69) is 9.97 Å². The summed E-state index contributed by atoms with van der Waals surface area (Å²) in [5.41, 5.74) is 2.82. The van der Waals surface area contributed by atoms with Gasteiger partial charge in [-0.05, 0) is 18.6 Å². The summed E-state index contributed by atoms with van der Waals surface area (Å²) in [4.78, 5) is 8.62. The van der Waals surface area contributed by atoms with E-state index < -0.39 is 0 Å². The zero-order valence-corrected chi connectivity index (χ0v) is 9.55. The van der Waals surface area contributed by atoms with Gasteiger partial charge >= 0.3 is 0 Å². The van der Waals surface area contributed by atoms with E-state index in [9.17, 15) is 15.3 Å². The highest BCUT2D eigenvalue weighted by Crippen LogP contribution is 2.30. The van der Waals surface area contributed by atoms with Gasteiger partial charge in [0.15, 0.2) is 11.5 Å². The summed E-state index contributed by atoms with van der Waals surface area (Å²) in [6.07, 6.45) is 0. The average Bonchev–Trinajstić information content (AvgIpc) is 2.31. The highest BCUT2D eigenvalue weighted by atomic mass is 16.3. The summed E-state index contributed by atoms with van der Waals surface area (Å²) in [5, 5.41) is 28.5. The third kappa shape index (κ3) is 1.48. The fourth-order valence-electron chi connectivity index (χ4n) is 1.84. The topological polar surface area (TPSA) is 86.5 Å². The van der Waals surface area contributed by atoms with Crippen molar-refractivity contribution in [1.29, 1.82) is 0 Å². The summed E-state index contributed by atoms with van der Waals surface area (Å²) in [6, 6.07) is 5.95. The number of rotatable bonds is 0. The molecule has 3 N–H and O–H groups in total. The first-order valence-electron chi connectivity index (χ1n) is 5.37. The molecule has 0 amide bonds. The van der Waals surface area contributed by atoms with Gasteiger partial charge in [-0.25, -0.2) is 9.97 Å². The van der Waals surface area contributed by atoms with Gasteiger partial charge in [-0.3, -0.25) is 0 Å². The number of phenolic OH excluding ortho intramolecular Hbond substituents is 3. The van der Waals surface area contributed by atoms with Gasteiger partial charge in [-0.15, -0.1) is 0 Å². The summed E-state index contributed by atoms with van der Waals surface area (Å²) >= 11 is 0. The number of fused-ring (bicyclic) bond motifs is 2. The first kappa shape index (κ1) is 10.6. The Labute approximate surface area is 102 Å². The van der Waals surface area contributed by atoms with E-state index in [1.807, 2.05) is 0 Å². The van der Waals surface area contributed by atoms with Crippen molar-refractivity contribution in [2.75, 3.05) is 0 Å². The van der Waals surface area contributed by atoms with Crippen molar-refractivity contribution in [3.63, 3.8) is 0 Å². The summed E-state index contributed by atoms with van der Waals surface area (Å²) in [7, 11) is 0. The lowest BCUT2D eigenvalue weighted by Crippen LogP contribution is -1.88. The molecular weight excluding hydrogens is 232 g/mol. The molecule has 1 heterocycles. The predicted octanol–water partition coefficient (Wildman–Crippen LogP) is 2.21. The number of nitrogens with zero attached hydrogens (tertiary/aromatic N) is 2. The first-order valence-corrected chi connectivity index (χ1v) is 5.37. The second kappa shape index (κ2) is 3.46. The minimum atomic E-state index is -0.243. The van der Waals surface area contributed by atoms with E-state index >= 15 is 0 Å². The van der Waals surface area contributed by atoms with Crippen LogP contribution in [0.3, 0.4) is 0 Å². The normalized spacial score (nSPS) is 11.2. The molecule has 0 aliphatic carbocycles. The third-order valence-electron chi connectivity index (χ3n) is 2.85. The van der Waals surface area contributed by atoms with Gasteiger partial charge in [0.25, 0.3) is 0 Å². The average molecular weight is 242 g/mol. The van der Waals surface area contributed by atoms with E-state index in [1.54, 1.807) is 13.0 Å². The fourth-order valence-corrected chi connectivity index (χ4v) is 1.84. The zero-order valence-electron chi connectivity index (χ0n) is 9.55. The number of aryl methyl sites for hydroxylation is 1. The van der Waals surface area contributed by atoms with Gasteiger partial charge in [-0.1, -0.05) is 0 Å². The Kier molecular flexibility index (Phi) is 2.04. The molecular formula is C13H10N2O3. The molecule has 0 bridgehead atoms. The maximum atomic E-state index is 9.63. The highest BCUT2D eigenvalue weighted by Gasteiger charge is 2.08. The molecule has 18 heavy (non-hydrogen) atoms. The minimum absolute atomic E-state index is 0.152. The van der Waals surface area contributed by atoms with Gasteiger partial charge in [0.1, 0.15) is 5.75 Å². The lowest BCUT2D eigenvalue weighted by atomic mass is 10.1. The number of aromatic hydroxyl groups is 3. The SMILES string of the molecule is Cc1cc2nc3cc(O)c(O)cc3nc2cc1O. The quantitative estimate of drug-likeness (QED) is 0.415. The first-order chi connectivity index (χ1) is 8.54. The van der Waals surface area contributed by atoms with Crippen molar-refractivity contribution < 1.29 is 15.3 Å². The van der Waals surface area contributed by atoms with Crippen LogP contribution in [0.5, 0.6) is 17.2 Å². The van der Waals surface area contributed by atoms with Gasteiger partial charge in [0, 0.05) is 18.2 Å². The molecule has 90 valence electrons. The number of phenols is 3. The molecule has 3 aromatic rings. The molecule has 3 rings (SSSR count). The second-order valence-electron chi connectivity index (χ2n) is 4.18. The molecule has 0 spiro atoms. The Balaban J connectivity index is 2.43. The molecule has 0 fully saturated rings. The largest absolute Gasteiger partial charge is 0.508 e. The molecule has 0 atom stereocenters. The van der Waals surface area contributed by atoms with Gasteiger partial charge < -0.3 is 15.3 Å². The van der Waals surface area contributed by atoms with Crippen LogP contribution >= 0.6 is 0 Å². The number of hydrogen-bond donors (Lipinski definition) is 3.